The Morgan fingerprint density at radius 3 is 2.67 bits per heavy atom. The molecule has 1 atom stereocenters. The van der Waals surface area contributed by atoms with E-state index in [0.29, 0.717) is 17.9 Å². The van der Waals surface area contributed by atoms with Crippen LogP contribution in [0.3, 0.4) is 0 Å². The third kappa shape index (κ3) is 2.50. The molecule has 2 aromatic carbocycles. The molecular weight excluding hydrogens is 311 g/mol. The Balaban J connectivity index is 1.66. The van der Waals surface area contributed by atoms with Crippen LogP contribution < -0.4 is 9.47 Å². The molecule has 6 heteroatoms. The van der Waals surface area contributed by atoms with Crippen molar-refractivity contribution in [2.24, 2.45) is 5.10 Å². The number of hydrazone groups is 1. The first-order valence-corrected chi connectivity index (χ1v) is 7.64. The van der Waals surface area contributed by atoms with Gasteiger partial charge in [-0.15, -0.1) is 0 Å². The van der Waals surface area contributed by atoms with Crippen LogP contribution in [0, 0.1) is 5.82 Å². The molecule has 0 aliphatic carbocycles. The van der Waals surface area contributed by atoms with Crippen molar-refractivity contribution >= 4 is 11.6 Å². The number of benzene rings is 2. The van der Waals surface area contributed by atoms with Crippen molar-refractivity contribution in [3.63, 3.8) is 0 Å². The molecule has 122 valence electrons. The monoisotopic (exact) mass is 326 g/mol. The van der Waals surface area contributed by atoms with Gasteiger partial charge in [-0.1, -0.05) is 12.1 Å². The summed E-state index contributed by atoms with van der Waals surface area (Å²) in [6.45, 7) is 1.69. The van der Waals surface area contributed by atoms with Gasteiger partial charge in [-0.2, -0.15) is 5.10 Å². The number of halogens is 1. The Morgan fingerprint density at radius 1 is 1.17 bits per heavy atom. The first-order chi connectivity index (χ1) is 11.6. The Kier molecular flexibility index (Phi) is 3.45. The molecule has 0 bridgehead atoms. The summed E-state index contributed by atoms with van der Waals surface area (Å²) < 4.78 is 23.9. The van der Waals surface area contributed by atoms with Gasteiger partial charge in [0.15, 0.2) is 11.5 Å². The van der Waals surface area contributed by atoms with E-state index in [1.807, 2.05) is 18.2 Å². The molecule has 0 spiro atoms. The minimum Gasteiger partial charge on any atom is -0.454 e. The van der Waals surface area contributed by atoms with Crippen molar-refractivity contribution in [1.29, 1.82) is 0 Å². The maximum Gasteiger partial charge on any atom is 0.240 e. The van der Waals surface area contributed by atoms with Crippen molar-refractivity contribution in [1.82, 2.24) is 5.01 Å². The van der Waals surface area contributed by atoms with Crippen LogP contribution in [-0.4, -0.2) is 23.4 Å². The molecule has 2 aliphatic heterocycles. The van der Waals surface area contributed by atoms with Crippen molar-refractivity contribution in [2.75, 3.05) is 6.79 Å². The van der Waals surface area contributed by atoms with Gasteiger partial charge in [0, 0.05) is 18.9 Å². The predicted octanol–water partition coefficient (Wildman–Crippen LogP) is 3.25. The molecule has 0 radical (unpaired) electrons. The lowest BCUT2D eigenvalue weighted by molar-refractivity contribution is -0.130. The molecule has 0 aromatic heterocycles. The summed E-state index contributed by atoms with van der Waals surface area (Å²) in [5.74, 6) is 0.925. The molecule has 1 unspecified atom stereocenters. The molecule has 4 rings (SSSR count). The first-order valence-electron chi connectivity index (χ1n) is 7.64. The lowest BCUT2D eigenvalue weighted by Gasteiger charge is -2.20. The van der Waals surface area contributed by atoms with Gasteiger partial charge < -0.3 is 9.47 Å². The highest BCUT2D eigenvalue weighted by Crippen LogP contribution is 2.37. The third-order valence-electron chi connectivity index (χ3n) is 4.19. The third-order valence-corrected chi connectivity index (χ3v) is 4.19. The fourth-order valence-electron chi connectivity index (χ4n) is 3.00. The average Bonchev–Trinajstić information content (AvgIpc) is 3.21. The van der Waals surface area contributed by atoms with Gasteiger partial charge in [0.2, 0.25) is 12.7 Å². The van der Waals surface area contributed by atoms with E-state index in [2.05, 4.69) is 5.10 Å². The molecule has 24 heavy (non-hydrogen) atoms. The van der Waals surface area contributed by atoms with Crippen LogP contribution in [0.4, 0.5) is 4.39 Å². The summed E-state index contributed by atoms with van der Waals surface area (Å²) in [6.07, 6.45) is 0.560. The van der Waals surface area contributed by atoms with Crippen molar-refractivity contribution in [3.8, 4) is 11.5 Å². The molecule has 0 fully saturated rings. The topological polar surface area (TPSA) is 51.1 Å². The van der Waals surface area contributed by atoms with Crippen molar-refractivity contribution < 1.29 is 18.7 Å². The Bertz CT molecular complexity index is 833. The largest absolute Gasteiger partial charge is 0.454 e. The van der Waals surface area contributed by atoms with Crippen LogP contribution in [-0.2, 0) is 4.79 Å². The summed E-state index contributed by atoms with van der Waals surface area (Å²) in [4.78, 5) is 12.0. The number of ether oxygens (including phenoxy) is 2. The smallest absolute Gasteiger partial charge is 0.240 e. The van der Waals surface area contributed by atoms with Crippen molar-refractivity contribution in [2.45, 2.75) is 19.4 Å². The highest BCUT2D eigenvalue weighted by Gasteiger charge is 2.31. The van der Waals surface area contributed by atoms with Gasteiger partial charge in [-0.25, -0.2) is 9.40 Å². The quantitative estimate of drug-likeness (QED) is 0.851. The summed E-state index contributed by atoms with van der Waals surface area (Å²) in [5.41, 5.74) is 2.53. The highest BCUT2D eigenvalue weighted by molar-refractivity contribution is 6.03. The Hall–Kier alpha value is -2.89. The van der Waals surface area contributed by atoms with E-state index in [1.165, 1.54) is 24.1 Å². The predicted molar refractivity (Wildman–Crippen MR) is 85.4 cm³/mol. The van der Waals surface area contributed by atoms with E-state index in [-0.39, 0.29) is 24.6 Å². The number of nitrogens with zero attached hydrogens (tertiary/aromatic N) is 2. The van der Waals surface area contributed by atoms with Gasteiger partial charge in [-0.05, 0) is 35.9 Å². The van der Waals surface area contributed by atoms with Crippen LogP contribution in [0.5, 0.6) is 11.5 Å². The van der Waals surface area contributed by atoms with Gasteiger partial charge >= 0.3 is 0 Å². The minimum atomic E-state index is -0.303. The molecule has 0 saturated carbocycles. The second kappa shape index (κ2) is 5.63. The van der Waals surface area contributed by atoms with Gasteiger partial charge in [0.1, 0.15) is 5.82 Å². The number of amides is 1. The summed E-state index contributed by atoms with van der Waals surface area (Å²) >= 11 is 0. The zero-order valence-electron chi connectivity index (χ0n) is 13.0. The minimum absolute atomic E-state index is 0.153. The molecule has 0 N–H and O–H groups in total. The number of hydrogen-bond donors (Lipinski definition) is 0. The van der Waals surface area contributed by atoms with E-state index in [1.54, 1.807) is 12.1 Å². The zero-order chi connectivity index (χ0) is 16.7. The second-order valence-corrected chi connectivity index (χ2v) is 5.75. The standard InChI is InChI=1S/C18H15FN2O3/c1-11(22)21-16(12-2-5-14(19)6-3-12)9-15(20-21)13-4-7-17-18(8-13)24-10-23-17/h2-8,16H,9-10H2,1H3. The van der Waals surface area contributed by atoms with Gasteiger partial charge in [0.25, 0.3) is 0 Å². The number of carbonyl (C=O) groups excluding carboxylic acids is 1. The van der Waals surface area contributed by atoms with Crippen LogP contribution in [0.25, 0.3) is 0 Å². The Labute approximate surface area is 138 Å². The SMILES string of the molecule is CC(=O)N1N=C(c2ccc3c(c2)OCO3)CC1c1ccc(F)cc1. The Morgan fingerprint density at radius 2 is 1.92 bits per heavy atom. The lowest BCUT2D eigenvalue weighted by atomic mass is 9.98. The number of carbonyl (C=O) groups is 1. The lowest BCUT2D eigenvalue weighted by Crippen LogP contribution is -2.24. The molecular formula is C18H15FN2O3. The average molecular weight is 326 g/mol. The van der Waals surface area contributed by atoms with Crippen LogP contribution in [0.15, 0.2) is 47.6 Å². The molecule has 5 nitrogen and oxygen atoms in total. The summed E-state index contributed by atoms with van der Waals surface area (Å²) in [7, 11) is 0. The maximum absolute atomic E-state index is 13.2. The van der Waals surface area contributed by atoms with Gasteiger partial charge in [0.05, 0.1) is 11.8 Å². The fraction of sp³-hybridized carbons (Fsp3) is 0.222. The summed E-state index contributed by atoms with van der Waals surface area (Å²) in [6, 6.07) is 11.5. The number of fused-ring (bicyclic) bond motifs is 1. The number of rotatable bonds is 2. The highest BCUT2D eigenvalue weighted by atomic mass is 19.1. The molecule has 2 heterocycles. The molecule has 2 aromatic rings. The van der Waals surface area contributed by atoms with Crippen LogP contribution in [0.1, 0.15) is 30.5 Å². The molecule has 2 aliphatic rings. The normalized spacial score (nSPS) is 18.7. The molecule has 1 amide bonds. The summed E-state index contributed by atoms with van der Waals surface area (Å²) in [5, 5.41) is 5.93. The van der Waals surface area contributed by atoms with Crippen molar-refractivity contribution in [3.05, 3.63) is 59.4 Å². The maximum atomic E-state index is 13.2. The zero-order valence-corrected chi connectivity index (χ0v) is 13.0. The van der Waals surface area contributed by atoms with E-state index in [9.17, 15) is 9.18 Å². The first kappa shape index (κ1) is 14.7. The second-order valence-electron chi connectivity index (χ2n) is 5.75. The van der Waals surface area contributed by atoms with Crippen LogP contribution >= 0.6 is 0 Å². The molecule has 0 saturated heterocycles. The van der Waals surface area contributed by atoms with E-state index in [4.69, 9.17) is 9.47 Å². The van der Waals surface area contributed by atoms with E-state index < -0.39 is 0 Å². The van der Waals surface area contributed by atoms with E-state index in [0.717, 1.165) is 16.8 Å². The number of hydrogen-bond acceptors (Lipinski definition) is 4. The van der Waals surface area contributed by atoms with Crippen LogP contribution in [0.2, 0.25) is 0 Å². The fourth-order valence-corrected chi connectivity index (χ4v) is 3.00. The van der Waals surface area contributed by atoms with Gasteiger partial charge in [-0.3, -0.25) is 4.79 Å². The van der Waals surface area contributed by atoms with E-state index >= 15 is 0 Å².